The molecule has 0 atom stereocenters. The van der Waals surface area contributed by atoms with E-state index >= 15 is 0 Å². The van der Waals surface area contributed by atoms with E-state index in [1.165, 1.54) is 30.5 Å². The monoisotopic (exact) mass is 468 g/mol. The number of urea groups is 1. The summed E-state index contributed by atoms with van der Waals surface area (Å²) in [5.74, 6) is -0.253. The van der Waals surface area contributed by atoms with Gasteiger partial charge in [0.15, 0.2) is 0 Å². The third kappa shape index (κ3) is 6.42. The lowest BCUT2D eigenvalue weighted by Crippen LogP contribution is -2.21. The van der Waals surface area contributed by atoms with Gasteiger partial charge in [-0.2, -0.15) is 5.26 Å². The van der Waals surface area contributed by atoms with Gasteiger partial charge in [0, 0.05) is 24.0 Å². The Bertz CT molecular complexity index is 1210. The Morgan fingerprint density at radius 3 is 2.32 bits per heavy atom. The van der Waals surface area contributed by atoms with Crippen LogP contribution in [0.5, 0.6) is 11.5 Å². The van der Waals surface area contributed by atoms with Crippen molar-refractivity contribution in [1.82, 2.24) is 4.98 Å². The molecule has 34 heavy (non-hydrogen) atoms. The van der Waals surface area contributed by atoms with Crippen LogP contribution in [0.4, 0.5) is 31.2 Å². The quantitative estimate of drug-likeness (QED) is 0.258. The van der Waals surface area contributed by atoms with Gasteiger partial charge in [-0.15, -0.1) is 0 Å². The number of hydrogen-bond donors (Lipinski definition) is 4. The summed E-state index contributed by atoms with van der Waals surface area (Å²) in [7, 11) is 0. The summed E-state index contributed by atoms with van der Waals surface area (Å²) >= 11 is 0. The van der Waals surface area contributed by atoms with Crippen LogP contribution in [0.2, 0.25) is 0 Å². The van der Waals surface area contributed by atoms with E-state index in [2.05, 4.69) is 46.6 Å². The molecular weight excluding hydrogens is 443 g/mol. The molecule has 3 rings (SSSR count). The zero-order chi connectivity index (χ0) is 24.9. The number of rotatable bonds is 5. The molecule has 0 aliphatic heterocycles. The van der Waals surface area contributed by atoms with E-state index in [4.69, 9.17) is 9.99 Å². The predicted molar refractivity (Wildman–Crippen MR) is 126 cm³/mol. The number of carbonyl (C=O) groups excluding carboxylic acids is 2. The van der Waals surface area contributed by atoms with E-state index in [0.717, 1.165) is 17.2 Å². The first-order valence-corrected chi connectivity index (χ1v) is 10.3. The van der Waals surface area contributed by atoms with Crippen molar-refractivity contribution in [2.75, 3.05) is 16.0 Å². The topological polar surface area (TPSA) is 122 Å². The molecule has 3 aromatic rings. The van der Waals surface area contributed by atoms with Gasteiger partial charge in [-0.05, 0) is 47.7 Å². The van der Waals surface area contributed by atoms with Crippen LogP contribution in [-0.4, -0.2) is 22.4 Å². The zero-order valence-electron chi connectivity index (χ0n) is 19.1. The van der Waals surface area contributed by atoms with Gasteiger partial charge in [0.05, 0.1) is 5.69 Å². The molecule has 0 bridgehead atoms. The molecule has 0 saturated heterocycles. The molecule has 4 N–H and O–H groups in total. The first-order valence-electron chi connectivity index (χ1n) is 10.3. The molecule has 1 heterocycles. The fourth-order valence-corrected chi connectivity index (χ4v) is 2.97. The molecule has 0 aliphatic carbocycles. The minimum Gasteiger partial charge on any atom is -0.457 e. The van der Waals surface area contributed by atoms with E-state index in [-0.39, 0.29) is 28.4 Å². The maximum atomic E-state index is 14.6. The molecule has 0 saturated carbocycles. The molecule has 0 fully saturated rings. The van der Waals surface area contributed by atoms with Crippen molar-refractivity contribution < 1.29 is 28.9 Å². The van der Waals surface area contributed by atoms with Crippen molar-refractivity contribution >= 4 is 29.3 Å². The van der Waals surface area contributed by atoms with Crippen LogP contribution in [0.25, 0.3) is 0 Å². The average molecular weight is 468 g/mol. The molecule has 3 amide bonds. The maximum Gasteiger partial charge on any atom is 0.444 e. The lowest BCUT2D eigenvalue weighted by Gasteiger charge is -2.21. The Hall–Kier alpha value is -4.18. The summed E-state index contributed by atoms with van der Waals surface area (Å²) in [5, 5.41) is 15.7. The number of anilines is 3. The lowest BCUT2D eigenvalue weighted by molar-refractivity contribution is -0.172. The van der Waals surface area contributed by atoms with Crippen molar-refractivity contribution in [2.24, 2.45) is 0 Å². The second-order valence-electron chi connectivity index (χ2n) is 8.48. The minimum absolute atomic E-state index is 0.0303. The van der Waals surface area contributed by atoms with Crippen LogP contribution in [0.1, 0.15) is 31.9 Å². The number of benzene rings is 2. The molecule has 0 unspecified atom stereocenters. The fraction of sp³-hybridized carbons (Fsp3) is 0.208. The van der Waals surface area contributed by atoms with Crippen LogP contribution in [0.15, 0.2) is 54.7 Å². The molecule has 0 aliphatic rings. The number of hydrogen-bond acceptors (Lipinski definition) is 6. The van der Waals surface area contributed by atoms with E-state index in [1.54, 1.807) is 0 Å². The molecule has 0 spiro atoms. The molecule has 2 aromatic carbocycles. The third-order valence-corrected chi connectivity index (χ3v) is 4.82. The second kappa shape index (κ2) is 10.2. The molecule has 178 valence electrons. The van der Waals surface area contributed by atoms with Crippen molar-refractivity contribution in [1.29, 1.82) is 0 Å². The number of aryl methyl sites for hydroxylation is 1. The first-order chi connectivity index (χ1) is 16.0. The Balaban J connectivity index is 1.67. The van der Waals surface area contributed by atoms with Crippen molar-refractivity contribution in [3.63, 3.8) is 0 Å². The summed E-state index contributed by atoms with van der Waals surface area (Å²) < 4.78 is 20.2. The fourth-order valence-electron chi connectivity index (χ4n) is 2.97. The van der Waals surface area contributed by atoms with Crippen LogP contribution in [0, 0.1) is 12.7 Å². The predicted octanol–water partition coefficient (Wildman–Crippen LogP) is 6.28. The molecule has 10 heteroatoms. The number of ether oxygens (including phenoxy) is 1. The van der Waals surface area contributed by atoms with Gasteiger partial charge in [-0.3, -0.25) is 10.2 Å². The van der Waals surface area contributed by atoms with E-state index in [9.17, 15) is 14.0 Å². The highest BCUT2D eigenvalue weighted by Crippen LogP contribution is 2.28. The Kier molecular flexibility index (Phi) is 7.32. The first kappa shape index (κ1) is 24.5. The van der Waals surface area contributed by atoms with Gasteiger partial charge in [-0.25, -0.2) is 19.0 Å². The van der Waals surface area contributed by atoms with Gasteiger partial charge in [0.25, 0.3) is 0 Å². The van der Waals surface area contributed by atoms with Crippen molar-refractivity contribution in [3.05, 3.63) is 71.7 Å². The Labute approximate surface area is 195 Å². The number of aromatic nitrogens is 1. The van der Waals surface area contributed by atoms with Gasteiger partial charge in [-0.1, -0.05) is 32.9 Å². The third-order valence-electron chi connectivity index (χ3n) is 4.82. The van der Waals surface area contributed by atoms with E-state index < -0.39 is 17.9 Å². The van der Waals surface area contributed by atoms with Gasteiger partial charge < -0.3 is 15.4 Å². The average Bonchev–Trinajstić information content (AvgIpc) is 2.76. The summed E-state index contributed by atoms with van der Waals surface area (Å²) in [6.07, 6.45) is 0.222. The van der Waals surface area contributed by atoms with Crippen LogP contribution < -0.4 is 20.7 Å². The Morgan fingerprint density at radius 1 is 0.941 bits per heavy atom. The van der Waals surface area contributed by atoms with Crippen molar-refractivity contribution in [3.8, 4) is 11.5 Å². The highest BCUT2D eigenvalue weighted by Gasteiger charge is 2.16. The summed E-state index contributed by atoms with van der Waals surface area (Å²) in [4.78, 5) is 30.9. The smallest absolute Gasteiger partial charge is 0.444 e. The summed E-state index contributed by atoms with van der Waals surface area (Å²) in [5.41, 5.74) is 2.46. The van der Waals surface area contributed by atoms with E-state index in [1.807, 2.05) is 25.1 Å². The molecule has 1 aromatic heterocycles. The van der Waals surface area contributed by atoms with Gasteiger partial charge in [0.1, 0.15) is 23.1 Å². The maximum absolute atomic E-state index is 14.6. The number of amides is 3. The number of carbonyl (C=O) groups is 2. The SMILES string of the molecule is Cc1ccc(C(C)(C)C)cc1NC(=O)Nc1ccc(Oc2ccnc(NC(=O)OO)c2)cc1F. The molecule has 0 radical (unpaired) electrons. The number of pyridine rings is 1. The van der Waals surface area contributed by atoms with E-state index in [0.29, 0.717) is 5.69 Å². The second-order valence-corrected chi connectivity index (χ2v) is 8.48. The number of nitrogens with zero attached hydrogens (tertiary/aromatic N) is 1. The number of halogens is 1. The minimum atomic E-state index is -1.12. The largest absolute Gasteiger partial charge is 0.457 e. The summed E-state index contributed by atoms with van der Waals surface area (Å²) in [6, 6.07) is 12.0. The summed E-state index contributed by atoms with van der Waals surface area (Å²) in [6.45, 7) is 8.11. The Morgan fingerprint density at radius 2 is 1.65 bits per heavy atom. The van der Waals surface area contributed by atoms with Gasteiger partial charge in [0.2, 0.25) is 0 Å². The standard InChI is InChI=1S/C24H25FN4O5/c1-14-5-6-15(24(2,3)4)11-20(14)28-22(30)27-19-8-7-16(12-18(19)25)33-17-9-10-26-21(13-17)29-23(31)34-32/h5-13,32H,1-4H3,(H,26,29,31)(H2,27,28,30). The van der Waals surface area contributed by atoms with Crippen LogP contribution in [0.3, 0.4) is 0 Å². The van der Waals surface area contributed by atoms with Crippen LogP contribution in [-0.2, 0) is 10.3 Å². The highest BCUT2D eigenvalue weighted by molar-refractivity contribution is 6.00. The highest BCUT2D eigenvalue weighted by atomic mass is 19.1. The lowest BCUT2D eigenvalue weighted by atomic mass is 9.86. The van der Waals surface area contributed by atoms with Crippen LogP contribution >= 0.6 is 0 Å². The normalized spacial score (nSPS) is 10.9. The number of nitrogens with one attached hydrogen (secondary N) is 3. The molecule has 9 nitrogen and oxygen atoms in total. The zero-order valence-corrected chi connectivity index (χ0v) is 19.1. The van der Waals surface area contributed by atoms with Gasteiger partial charge >= 0.3 is 12.1 Å². The van der Waals surface area contributed by atoms with Crippen molar-refractivity contribution in [2.45, 2.75) is 33.1 Å². The molecular formula is C24H25FN4O5.